The average molecular weight is 709 g/mol. The van der Waals surface area contributed by atoms with E-state index in [9.17, 15) is 9.59 Å². The summed E-state index contributed by atoms with van der Waals surface area (Å²) in [7, 11) is 1.42. The van der Waals surface area contributed by atoms with Crippen LogP contribution in [0.2, 0.25) is 10.0 Å². The zero-order valence-electron chi connectivity index (χ0n) is 28.3. The maximum absolute atomic E-state index is 14.6. The molecule has 5 aromatic rings. The van der Waals surface area contributed by atoms with E-state index >= 15 is 0 Å². The molecule has 2 N–H and O–H groups in total. The summed E-state index contributed by atoms with van der Waals surface area (Å²) in [6, 6.07) is 26.9. The van der Waals surface area contributed by atoms with Crippen molar-refractivity contribution >= 4 is 68.8 Å². The van der Waals surface area contributed by atoms with Crippen LogP contribution in [0.5, 0.6) is 0 Å². The Kier molecular flexibility index (Phi) is 10.6. The maximum Gasteiger partial charge on any atom is 0.308 e. The van der Waals surface area contributed by atoms with Crippen molar-refractivity contribution in [1.82, 2.24) is 14.9 Å². The topological polar surface area (TPSA) is 90.6 Å². The van der Waals surface area contributed by atoms with E-state index in [-0.39, 0.29) is 23.8 Å². The number of anilines is 2. The number of carbonyl (C=O) groups is 2. The monoisotopic (exact) mass is 707 g/mol. The summed E-state index contributed by atoms with van der Waals surface area (Å²) in [6.45, 7) is 9.61. The summed E-state index contributed by atoms with van der Waals surface area (Å²) < 4.78 is 4.97. The Hall–Kier alpha value is -5.05. The third-order valence-electron chi connectivity index (χ3n) is 9.37. The molecule has 3 heterocycles. The highest BCUT2D eigenvalue weighted by Gasteiger charge is 2.30. The SMILES string of the molecule is C=CN(/C(=C(\C)c1ccccc1)c1c(C(=O)Nc2cccnc2N2CCC(C(=O)OC)CC2)[nH]c2cc(Cl)ccc12)C(C)c1ccc(Cl)cc1. The number of benzene rings is 3. The number of hydrogen-bond donors (Lipinski definition) is 2. The molecule has 8 nitrogen and oxygen atoms in total. The van der Waals surface area contributed by atoms with Crippen LogP contribution in [0.4, 0.5) is 11.5 Å². The van der Waals surface area contributed by atoms with E-state index in [1.807, 2.05) is 66.7 Å². The quantitative estimate of drug-likeness (QED) is 0.141. The van der Waals surface area contributed by atoms with Crippen molar-refractivity contribution in [3.05, 3.63) is 136 Å². The minimum Gasteiger partial charge on any atom is -0.469 e. The number of aromatic nitrogens is 2. The second-order valence-corrected chi connectivity index (χ2v) is 13.2. The first-order valence-corrected chi connectivity index (χ1v) is 17.3. The molecule has 1 aliphatic rings. The number of nitrogens with zero attached hydrogens (tertiary/aromatic N) is 3. The van der Waals surface area contributed by atoms with E-state index in [0.717, 1.165) is 33.3 Å². The number of piperidine rings is 1. The Bertz CT molecular complexity index is 2050. The van der Waals surface area contributed by atoms with Gasteiger partial charge in [0.15, 0.2) is 5.82 Å². The zero-order valence-corrected chi connectivity index (χ0v) is 29.8. The van der Waals surface area contributed by atoms with Crippen LogP contribution in [0, 0.1) is 5.92 Å². The minimum atomic E-state index is -0.340. The van der Waals surface area contributed by atoms with Gasteiger partial charge >= 0.3 is 5.97 Å². The number of allylic oxidation sites excluding steroid dienone is 1. The lowest BCUT2D eigenvalue weighted by Gasteiger charge is -2.33. The number of halogens is 2. The van der Waals surface area contributed by atoms with Crippen LogP contribution in [-0.2, 0) is 9.53 Å². The molecule has 1 atom stereocenters. The Balaban J connectivity index is 1.47. The molecule has 0 radical (unpaired) electrons. The van der Waals surface area contributed by atoms with E-state index in [1.165, 1.54) is 7.11 Å². The number of nitrogens with one attached hydrogen (secondary N) is 2. The van der Waals surface area contributed by atoms with E-state index in [4.69, 9.17) is 27.9 Å². The number of rotatable bonds is 10. The average Bonchev–Trinajstić information content (AvgIpc) is 3.52. The molecule has 1 amide bonds. The number of carbonyl (C=O) groups excluding carboxylic acids is 2. The lowest BCUT2D eigenvalue weighted by Crippen LogP contribution is -2.37. The van der Waals surface area contributed by atoms with Crippen LogP contribution < -0.4 is 10.2 Å². The van der Waals surface area contributed by atoms with Gasteiger partial charge in [-0.25, -0.2) is 4.98 Å². The van der Waals surface area contributed by atoms with Gasteiger partial charge in [-0.3, -0.25) is 9.59 Å². The first-order valence-electron chi connectivity index (χ1n) is 16.5. The normalized spacial score (nSPS) is 14.5. The highest BCUT2D eigenvalue weighted by atomic mass is 35.5. The molecule has 0 aliphatic carbocycles. The van der Waals surface area contributed by atoms with Gasteiger partial charge in [0, 0.05) is 45.8 Å². The second-order valence-electron chi connectivity index (χ2n) is 12.3. The summed E-state index contributed by atoms with van der Waals surface area (Å²) >= 11 is 12.8. The van der Waals surface area contributed by atoms with Crippen LogP contribution in [0.25, 0.3) is 22.2 Å². The van der Waals surface area contributed by atoms with Crippen LogP contribution >= 0.6 is 23.2 Å². The summed E-state index contributed by atoms with van der Waals surface area (Å²) in [5, 5.41) is 5.19. The fourth-order valence-corrected chi connectivity index (χ4v) is 6.99. The molecule has 1 unspecified atom stereocenters. The lowest BCUT2D eigenvalue weighted by molar-refractivity contribution is -0.146. The molecule has 0 spiro atoms. The summed E-state index contributed by atoms with van der Waals surface area (Å²) in [5.41, 5.74) is 6.14. The van der Waals surface area contributed by atoms with Crippen molar-refractivity contribution in [2.75, 3.05) is 30.4 Å². The number of methoxy groups -OCH3 is 1. The number of esters is 1. The second kappa shape index (κ2) is 15.2. The molecule has 2 aromatic heterocycles. The Labute approximate surface area is 302 Å². The van der Waals surface area contributed by atoms with Gasteiger partial charge in [-0.15, -0.1) is 0 Å². The van der Waals surface area contributed by atoms with Gasteiger partial charge in [0.1, 0.15) is 5.69 Å². The van der Waals surface area contributed by atoms with Gasteiger partial charge in [-0.2, -0.15) is 0 Å². The van der Waals surface area contributed by atoms with Crippen LogP contribution in [0.1, 0.15) is 59.9 Å². The van der Waals surface area contributed by atoms with Crippen molar-refractivity contribution in [2.24, 2.45) is 5.92 Å². The van der Waals surface area contributed by atoms with Crippen molar-refractivity contribution in [1.29, 1.82) is 0 Å². The molecule has 0 bridgehead atoms. The fraction of sp³-hybridized carbons (Fsp3) is 0.225. The molecule has 1 saturated heterocycles. The lowest BCUT2D eigenvalue weighted by atomic mass is 9.95. The van der Waals surface area contributed by atoms with E-state index < -0.39 is 0 Å². The zero-order chi connectivity index (χ0) is 35.4. The smallest absolute Gasteiger partial charge is 0.308 e. The third kappa shape index (κ3) is 7.13. The molecule has 6 rings (SSSR count). The number of pyridine rings is 1. The number of fused-ring (bicyclic) bond motifs is 1. The van der Waals surface area contributed by atoms with Gasteiger partial charge in [0.25, 0.3) is 5.91 Å². The summed E-state index contributed by atoms with van der Waals surface area (Å²) in [5.74, 6) is -0.0446. The number of ether oxygens (including phenoxy) is 1. The van der Waals surface area contributed by atoms with E-state index in [2.05, 4.69) is 57.6 Å². The number of aromatic amines is 1. The highest BCUT2D eigenvalue weighted by Crippen LogP contribution is 2.41. The Morgan fingerprint density at radius 1 is 1.02 bits per heavy atom. The Morgan fingerprint density at radius 3 is 2.40 bits per heavy atom. The third-order valence-corrected chi connectivity index (χ3v) is 9.86. The van der Waals surface area contributed by atoms with Crippen molar-refractivity contribution < 1.29 is 14.3 Å². The molecular weight excluding hydrogens is 669 g/mol. The first kappa shape index (κ1) is 34.8. The molecule has 1 fully saturated rings. The number of hydrogen-bond acceptors (Lipinski definition) is 6. The van der Waals surface area contributed by atoms with Gasteiger partial charge < -0.3 is 24.8 Å². The van der Waals surface area contributed by atoms with E-state index in [1.54, 1.807) is 18.5 Å². The number of amides is 1. The molecule has 0 saturated carbocycles. The van der Waals surface area contributed by atoms with Crippen LogP contribution in [0.3, 0.4) is 0 Å². The van der Waals surface area contributed by atoms with Crippen LogP contribution in [0.15, 0.2) is 104 Å². The summed E-state index contributed by atoms with van der Waals surface area (Å²) in [4.78, 5) is 39.0. The molecule has 1 aliphatic heterocycles. The predicted molar refractivity (Wildman–Crippen MR) is 203 cm³/mol. The van der Waals surface area contributed by atoms with Crippen molar-refractivity contribution in [3.8, 4) is 0 Å². The maximum atomic E-state index is 14.6. The van der Waals surface area contributed by atoms with Gasteiger partial charge in [-0.1, -0.05) is 78.3 Å². The minimum absolute atomic E-state index is 0.153. The molecule has 256 valence electrons. The molecular formula is C40H39Cl2N5O3. The molecule has 3 aromatic carbocycles. The van der Waals surface area contributed by atoms with E-state index in [0.29, 0.717) is 58.7 Å². The summed E-state index contributed by atoms with van der Waals surface area (Å²) in [6.07, 6.45) is 4.78. The molecule has 50 heavy (non-hydrogen) atoms. The largest absolute Gasteiger partial charge is 0.469 e. The van der Waals surface area contributed by atoms with Crippen LogP contribution in [-0.4, -0.2) is 46.9 Å². The Morgan fingerprint density at radius 2 is 1.72 bits per heavy atom. The standard InChI is InChI=1S/C40H39Cl2N5O3/c1-5-47(26(3)28-13-15-30(41)16-14-28)37(25(2)27-10-7-6-8-11-27)35-32-18-17-31(42)24-34(32)44-36(35)39(48)45-33-12-9-21-43-38(33)46-22-19-29(20-23-46)40(49)50-4/h5-18,21,24,26,29,44H,1,19-20,22-23H2,2-4H3,(H,45,48)/b37-25+. The van der Waals surface area contributed by atoms with Gasteiger partial charge in [0.2, 0.25) is 0 Å². The van der Waals surface area contributed by atoms with Gasteiger partial charge in [0.05, 0.1) is 30.5 Å². The van der Waals surface area contributed by atoms with Crippen molar-refractivity contribution in [2.45, 2.75) is 32.7 Å². The van der Waals surface area contributed by atoms with Crippen molar-refractivity contribution in [3.63, 3.8) is 0 Å². The fourth-order valence-electron chi connectivity index (χ4n) is 6.69. The predicted octanol–water partition coefficient (Wildman–Crippen LogP) is 9.61. The molecule has 10 heteroatoms. The first-order chi connectivity index (χ1) is 24.2. The highest BCUT2D eigenvalue weighted by molar-refractivity contribution is 6.31. The number of H-pyrrole nitrogens is 1. The van der Waals surface area contributed by atoms with Gasteiger partial charge in [-0.05, 0) is 86.0 Å².